The molecule has 0 aromatic rings. The van der Waals surface area contributed by atoms with E-state index in [0.29, 0.717) is 0 Å². The van der Waals surface area contributed by atoms with Gasteiger partial charge in [0.05, 0.1) is 0 Å². The summed E-state index contributed by atoms with van der Waals surface area (Å²) in [6, 6.07) is 0. The maximum atomic E-state index is 12.0. The van der Waals surface area contributed by atoms with Gasteiger partial charge in [0.25, 0.3) is 0 Å². The van der Waals surface area contributed by atoms with Gasteiger partial charge in [-0.2, -0.15) is 0 Å². The third-order valence-electron chi connectivity index (χ3n) is 3.18. The minimum absolute atomic E-state index is 0.289. The van der Waals surface area contributed by atoms with Gasteiger partial charge in [0, 0.05) is 0 Å². The summed E-state index contributed by atoms with van der Waals surface area (Å²) >= 11 is 0. The lowest BCUT2D eigenvalue weighted by Gasteiger charge is -2.47. The molecule has 11 heavy (non-hydrogen) atoms. The lowest BCUT2D eigenvalue weighted by Crippen LogP contribution is -2.51. The molecule has 0 aromatic heterocycles. The fourth-order valence-corrected chi connectivity index (χ4v) is 1.30. The first-order valence-corrected chi connectivity index (χ1v) is 4.67. The van der Waals surface area contributed by atoms with E-state index in [1.54, 1.807) is 0 Å². The Labute approximate surface area is 70.8 Å². The molecule has 68 valence electrons. The molecule has 0 amide bonds. The summed E-state index contributed by atoms with van der Waals surface area (Å²) < 4.78 is 0. The third kappa shape index (κ3) is 2.48. The van der Waals surface area contributed by atoms with Gasteiger partial charge in [0.2, 0.25) is 0 Å². The van der Waals surface area contributed by atoms with Gasteiger partial charge in [-0.3, -0.25) is 0 Å². The predicted octanol–water partition coefficient (Wildman–Crippen LogP) is 2.20. The molecule has 0 heterocycles. The first kappa shape index (κ1) is 11.0. The van der Waals surface area contributed by atoms with E-state index in [0.717, 1.165) is 12.8 Å². The van der Waals surface area contributed by atoms with E-state index in [1.165, 1.54) is 0 Å². The molecule has 2 atom stereocenters. The summed E-state index contributed by atoms with van der Waals surface area (Å²) in [5.41, 5.74) is -0.733. The molecule has 0 aliphatic carbocycles. The summed E-state index contributed by atoms with van der Waals surface area (Å²) in [5.74, 6) is 0.579. The van der Waals surface area contributed by atoms with Crippen LogP contribution in [0.25, 0.3) is 0 Å². The molecule has 1 nitrogen and oxygen atoms in total. The Kier molecular flexibility index (Phi) is 4.09. The third-order valence-corrected chi connectivity index (χ3v) is 3.18. The van der Waals surface area contributed by atoms with Gasteiger partial charge in [-0.05, 0) is 0 Å². The Balaban J connectivity index is 4.18. The zero-order valence-corrected chi connectivity index (χ0v) is 8.48. The van der Waals surface area contributed by atoms with E-state index in [1.807, 2.05) is 6.92 Å². The second-order valence-electron chi connectivity index (χ2n) is 3.80. The van der Waals surface area contributed by atoms with Crippen molar-refractivity contribution in [2.45, 2.75) is 53.1 Å². The van der Waals surface area contributed by atoms with Crippen LogP contribution in [0.4, 0.5) is 0 Å². The van der Waals surface area contributed by atoms with Crippen LogP contribution in [0.15, 0.2) is 0 Å². The van der Waals surface area contributed by atoms with E-state index < -0.39 is 5.60 Å². The average Bonchev–Trinajstić information content (AvgIpc) is 2.01. The monoisotopic (exact) mass is 157 g/mol. The van der Waals surface area contributed by atoms with Gasteiger partial charge >= 0.3 is 0 Å². The van der Waals surface area contributed by atoms with Crippen molar-refractivity contribution in [1.29, 1.82) is 0 Å². The molecule has 0 bridgehead atoms. The molecule has 0 rings (SSSR count). The highest BCUT2D eigenvalue weighted by Gasteiger charge is 2.22. The van der Waals surface area contributed by atoms with E-state index >= 15 is 0 Å². The molecule has 0 fully saturated rings. The van der Waals surface area contributed by atoms with Crippen molar-refractivity contribution in [1.82, 2.24) is 0 Å². The number of hydrogen-bond donors (Lipinski definition) is 0. The molecule has 0 aliphatic heterocycles. The van der Waals surface area contributed by atoms with Crippen LogP contribution in [-0.4, -0.2) is 5.60 Å². The standard InChI is InChI=1S/C10H21O/c1-6-8(3)10(5,11)9(4)7-2/h8-9H,6-7H2,1-5H3/q-1. The number of hydrogen-bond acceptors (Lipinski definition) is 1. The summed E-state index contributed by atoms with van der Waals surface area (Å²) in [6.45, 7) is 10.1. The Hall–Kier alpha value is -0.0400. The van der Waals surface area contributed by atoms with Crippen molar-refractivity contribution in [3.05, 3.63) is 0 Å². The first-order valence-electron chi connectivity index (χ1n) is 4.67. The van der Waals surface area contributed by atoms with Crippen LogP contribution in [0.5, 0.6) is 0 Å². The zero-order chi connectivity index (χ0) is 9.07. The largest absolute Gasteiger partial charge is 0.849 e. The highest BCUT2D eigenvalue weighted by atomic mass is 16.3. The Bertz CT molecular complexity index is 95.4. The molecular weight excluding hydrogens is 136 g/mol. The lowest BCUT2D eigenvalue weighted by atomic mass is 9.78. The molecule has 0 N–H and O–H groups in total. The fourth-order valence-electron chi connectivity index (χ4n) is 1.30. The van der Waals surface area contributed by atoms with Gasteiger partial charge in [0.15, 0.2) is 0 Å². The van der Waals surface area contributed by atoms with E-state index in [2.05, 4.69) is 27.7 Å². The smallest absolute Gasteiger partial charge is 0.0542 e. The SMILES string of the molecule is CCC(C)C(C)([O-])C(C)CC. The lowest BCUT2D eigenvalue weighted by molar-refractivity contribution is -0.499. The maximum Gasteiger partial charge on any atom is -0.0542 e. The molecule has 0 radical (unpaired) electrons. The second kappa shape index (κ2) is 4.10. The van der Waals surface area contributed by atoms with Crippen LogP contribution in [0.1, 0.15) is 47.5 Å². The van der Waals surface area contributed by atoms with Crippen LogP contribution >= 0.6 is 0 Å². The van der Waals surface area contributed by atoms with Gasteiger partial charge in [-0.15, -0.1) is 5.60 Å². The van der Waals surface area contributed by atoms with Gasteiger partial charge in [0.1, 0.15) is 0 Å². The summed E-state index contributed by atoms with van der Waals surface area (Å²) in [4.78, 5) is 0. The van der Waals surface area contributed by atoms with Gasteiger partial charge in [-0.25, -0.2) is 0 Å². The molecular formula is C10H21O-. The minimum atomic E-state index is -0.733. The maximum absolute atomic E-state index is 12.0. The summed E-state index contributed by atoms with van der Waals surface area (Å²) in [6.07, 6.45) is 1.98. The Morgan fingerprint density at radius 1 is 1.09 bits per heavy atom. The molecule has 0 spiro atoms. The van der Waals surface area contributed by atoms with Crippen molar-refractivity contribution in [2.75, 3.05) is 0 Å². The molecule has 2 unspecified atom stereocenters. The van der Waals surface area contributed by atoms with E-state index in [9.17, 15) is 5.11 Å². The van der Waals surface area contributed by atoms with Crippen LogP contribution in [-0.2, 0) is 0 Å². The Morgan fingerprint density at radius 3 is 1.55 bits per heavy atom. The zero-order valence-electron chi connectivity index (χ0n) is 8.48. The predicted molar refractivity (Wildman–Crippen MR) is 47.3 cm³/mol. The van der Waals surface area contributed by atoms with E-state index in [-0.39, 0.29) is 11.8 Å². The van der Waals surface area contributed by atoms with Crippen LogP contribution < -0.4 is 5.11 Å². The molecule has 0 saturated heterocycles. The highest BCUT2D eigenvalue weighted by molar-refractivity contribution is 4.81. The van der Waals surface area contributed by atoms with Crippen LogP contribution in [0.3, 0.4) is 0 Å². The van der Waals surface area contributed by atoms with Crippen molar-refractivity contribution in [3.63, 3.8) is 0 Å². The Morgan fingerprint density at radius 2 is 1.36 bits per heavy atom. The van der Waals surface area contributed by atoms with Crippen LogP contribution in [0.2, 0.25) is 0 Å². The van der Waals surface area contributed by atoms with Crippen molar-refractivity contribution in [2.24, 2.45) is 11.8 Å². The normalized spacial score (nSPS) is 22.4. The first-order chi connectivity index (χ1) is 4.96. The van der Waals surface area contributed by atoms with Crippen molar-refractivity contribution in [3.8, 4) is 0 Å². The summed E-state index contributed by atoms with van der Waals surface area (Å²) in [5, 5.41) is 12.0. The summed E-state index contributed by atoms with van der Waals surface area (Å²) in [7, 11) is 0. The van der Waals surface area contributed by atoms with E-state index in [4.69, 9.17) is 0 Å². The molecule has 0 saturated carbocycles. The molecule has 1 heteroatoms. The highest BCUT2D eigenvalue weighted by Crippen LogP contribution is 2.26. The quantitative estimate of drug-likeness (QED) is 0.613. The van der Waals surface area contributed by atoms with Crippen molar-refractivity contribution < 1.29 is 5.11 Å². The fraction of sp³-hybridized carbons (Fsp3) is 1.00. The van der Waals surface area contributed by atoms with Crippen molar-refractivity contribution >= 4 is 0 Å². The van der Waals surface area contributed by atoms with Crippen LogP contribution in [0, 0.1) is 11.8 Å². The molecule has 0 aromatic carbocycles. The second-order valence-corrected chi connectivity index (χ2v) is 3.80. The number of rotatable bonds is 4. The van der Waals surface area contributed by atoms with Gasteiger partial charge < -0.3 is 5.11 Å². The average molecular weight is 157 g/mol. The topological polar surface area (TPSA) is 23.1 Å². The molecule has 0 aliphatic rings. The van der Waals surface area contributed by atoms with Gasteiger partial charge in [-0.1, -0.05) is 59.3 Å². The minimum Gasteiger partial charge on any atom is -0.849 e.